The highest BCUT2D eigenvalue weighted by Crippen LogP contribution is 2.49. The summed E-state index contributed by atoms with van der Waals surface area (Å²) >= 11 is 1.99. The number of carboxylic acid groups (broad SMARTS) is 1. The number of piperidine rings is 1. The summed E-state index contributed by atoms with van der Waals surface area (Å²) in [4.78, 5) is 11.5. The number of hydrogen-bond donors (Lipinski definition) is 3. The van der Waals surface area contributed by atoms with Crippen molar-refractivity contribution >= 4 is 23.4 Å². The molecule has 0 saturated carbocycles. The number of aliphatic hydroxyl groups excluding tert-OH is 1. The van der Waals surface area contributed by atoms with Gasteiger partial charge in [-0.1, -0.05) is 6.07 Å². The molecular weight excluding hydrogens is 472 g/mol. The van der Waals surface area contributed by atoms with Gasteiger partial charge >= 0.3 is 12.1 Å². The third-order valence-electron chi connectivity index (χ3n) is 6.50. The first-order chi connectivity index (χ1) is 16.1. The number of rotatable bonds is 2. The molecule has 0 spiro atoms. The average molecular weight is 499 g/mol. The molecule has 0 aliphatic carbocycles. The predicted molar refractivity (Wildman–Crippen MR) is 124 cm³/mol. The van der Waals surface area contributed by atoms with Crippen LogP contribution in [0.2, 0.25) is 0 Å². The maximum atomic E-state index is 13.8. The van der Waals surface area contributed by atoms with E-state index in [1.807, 2.05) is 17.8 Å². The lowest BCUT2D eigenvalue weighted by molar-refractivity contribution is -0.192. The molecule has 0 amide bonds. The molecule has 34 heavy (non-hydrogen) atoms. The Morgan fingerprint density at radius 2 is 2.00 bits per heavy atom. The summed E-state index contributed by atoms with van der Waals surface area (Å²) in [6.07, 6.45) is -4.59. The van der Waals surface area contributed by atoms with Gasteiger partial charge in [-0.3, -0.25) is 0 Å². The van der Waals surface area contributed by atoms with Crippen LogP contribution in [-0.2, 0) is 10.5 Å². The molecule has 0 bridgehead atoms. The Morgan fingerprint density at radius 1 is 1.26 bits per heavy atom. The number of nitrogens with one attached hydrogen (secondary N) is 1. The summed E-state index contributed by atoms with van der Waals surface area (Å²) < 4.78 is 45.5. The summed E-state index contributed by atoms with van der Waals surface area (Å²) in [6.45, 7) is 4.95. The third kappa shape index (κ3) is 4.89. The van der Waals surface area contributed by atoms with Gasteiger partial charge in [0.05, 0.1) is 6.10 Å². The van der Waals surface area contributed by atoms with Crippen LogP contribution < -0.4 is 10.2 Å². The Hall–Kier alpha value is -2.30. The molecule has 1 unspecified atom stereocenters. The fourth-order valence-electron chi connectivity index (χ4n) is 5.08. The zero-order chi connectivity index (χ0) is 24.6. The van der Waals surface area contributed by atoms with Crippen molar-refractivity contribution in [1.29, 1.82) is 0 Å². The molecule has 2 aromatic rings. The van der Waals surface area contributed by atoms with Gasteiger partial charge in [0.15, 0.2) is 0 Å². The lowest BCUT2D eigenvalue weighted by Crippen LogP contribution is -2.44. The van der Waals surface area contributed by atoms with E-state index in [-0.39, 0.29) is 5.82 Å². The second-order valence-electron chi connectivity index (χ2n) is 8.70. The molecule has 1 saturated heterocycles. The average Bonchev–Trinajstić information content (AvgIpc) is 2.94. The summed E-state index contributed by atoms with van der Waals surface area (Å²) in [7, 11) is 0. The molecule has 1 fully saturated rings. The van der Waals surface area contributed by atoms with Crippen LogP contribution in [0.1, 0.15) is 42.1 Å². The van der Waals surface area contributed by atoms with Crippen molar-refractivity contribution in [3.63, 3.8) is 0 Å². The van der Waals surface area contributed by atoms with E-state index < -0.39 is 18.2 Å². The van der Waals surface area contributed by atoms with Gasteiger partial charge in [0.25, 0.3) is 0 Å². The number of hydrogen-bond acceptors (Lipinski definition) is 5. The predicted octanol–water partition coefficient (Wildman–Crippen LogP) is 4.69. The lowest BCUT2D eigenvalue weighted by Gasteiger charge is -2.33. The second-order valence-corrected chi connectivity index (χ2v) is 9.80. The number of anilines is 1. The van der Waals surface area contributed by atoms with Crippen LogP contribution in [0.5, 0.6) is 0 Å². The van der Waals surface area contributed by atoms with Gasteiger partial charge in [-0.2, -0.15) is 24.9 Å². The molecule has 3 heterocycles. The molecule has 184 valence electrons. The molecular formula is C24H26F4N2O3S. The number of halogens is 4. The van der Waals surface area contributed by atoms with Crippen LogP contribution in [0.4, 0.5) is 23.2 Å². The largest absolute Gasteiger partial charge is 0.490 e. The van der Waals surface area contributed by atoms with Crippen molar-refractivity contribution in [3.8, 4) is 11.1 Å². The smallest absolute Gasteiger partial charge is 0.475 e. The van der Waals surface area contributed by atoms with Gasteiger partial charge in [-0.05, 0) is 72.0 Å². The number of fused-ring (bicyclic) bond motifs is 3. The fourth-order valence-corrected chi connectivity index (χ4v) is 5.99. The van der Waals surface area contributed by atoms with Gasteiger partial charge in [0.1, 0.15) is 5.82 Å². The topological polar surface area (TPSA) is 72.8 Å². The molecule has 2 aromatic carbocycles. The number of alkyl halides is 3. The quantitative estimate of drug-likeness (QED) is 0.522. The number of carbonyl (C=O) groups is 1. The van der Waals surface area contributed by atoms with Crippen LogP contribution in [-0.4, -0.2) is 53.8 Å². The molecule has 3 aliphatic rings. The van der Waals surface area contributed by atoms with Crippen LogP contribution in [0.3, 0.4) is 0 Å². The van der Waals surface area contributed by atoms with Gasteiger partial charge < -0.3 is 20.4 Å². The summed E-state index contributed by atoms with van der Waals surface area (Å²) in [5, 5.41) is 20.9. The zero-order valence-corrected chi connectivity index (χ0v) is 19.3. The number of aliphatic carboxylic acids is 1. The molecule has 3 N–H and O–H groups in total. The van der Waals surface area contributed by atoms with Crippen molar-refractivity contribution < 1.29 is 32.6 Å². The number of carboxylic acids is 1. The number of nitrogens with zero attached hydrogens (tertiary/aromatic N) is 1. The normalized spacial score (nSPS) is 22.1. The zero-order valence-electron chi connectivity index (χ0n) is 18.5. The first kappa shape index (κ1) is 24.8. The van der Waals surface area contributed by atoms with Crippen molar-refractivity contribution in [2.45, 2.75) is 43.3 Å². The van der Waals surface area contributed by atoms with Crippen molar-refractivity contribution in [2.24, 2.45) is 0 Å². The molecule has 5 nitrogen and oxygen atoms in total. The highest BCUT2D eigenvalue weighted by molar-refractivity contribution is 7.98. The van der Waals surface area contributed by atoms with Gasteiger partial charge in [-0.15, -0.1) is 0 Å². The number of thioether (sulfide) groups is 1. The van der Waals surface area contributed by atoms with Crippen LogP contribution in [0.25, 0.3) is 11.1 Å². The Bertz CT molecular complexity index is 1080. The van der Waals surface area contributed by atoms with Gasteiger partial charge in [0, 0.05) is 42.2 Å². The highest BCUT2D eigenvalue weighted by atomic mass is 32.2. The third-order valence-corrected chi connectivity index (χ3v) is 7.49. The highest BCUT2D eigenvalue weighted by Gasteiger charge is 2.42. The molecule has 5 rings (SSSR count). The summed E-state index contributed by atoms with van der Waals surface area (Å²) in [6, 6.07) is 9.96. The van der Waals surface area contributed by atoms with E-state index >= 15 is 0 Å². The number of aliphatic hydroxyl groups is 1. The first-order valence-electron chi connectivity index (χ1n) is 11.1. The minimum Gasteiger partial charge on any atom is -0.475 e. The Labute approximate surface area is 199 Å². The van der Waals surface area contributed by atoms with Crippen LogP contribution in [0, 0.1) is 5.82 Å². The van der Waals surface area contributed by atoms with Crippen LogP contribution in [0.15, 0.2) is 30.3 Å². The van der Waals surface area contributed by atoms with E-state index in [9.17, 15) is 22.7 Å². The van der Waals surface area contributed by atoms with Crippen molar-refractivity contribution in [2.75, 3.05) is 30.3 Å². The molecule has 0 aromatic heterocycles. The maximum absolute atomic E-state index is 13.8. The maximum Gasteiger partial charge on any atom is 0.490 e. The van der Waals surface area contributed by atoms with E-state index in [4.69, 9.17) is 9.90 Å². The monoisotopic (exact) mass is 498 g/mol. The van der Waals surface area contributed by atoms with Gasteiger partial charge in [-0.25, -0.2) is 9.18 Å². The Morgan fingerprint density at radius 3 is 2.68 bits per heavy atom. The minimum atomic E-state index is -5.08. The molecule has 0 radical (unpaired) electrons. The lowest BCUT2D eigenvalue weighted by atomic mass is 9.87. The van der Waals surface area contributed by atoms with Crippen molar-refractivity contribution in [3.05, 3.63) is 52.8 Å². The molecule has 3 atom stereocenters. The first-order valence-corrected chi connectivity index (χ1v) is 12.2. The number of benzene rings is 2. The molecule has 3 aliphatic heterocycles. The summed E-state index contributed by atoms with van der Waals surface area (Å²) in [5.41, 5.74) is 6.98. The van der Waals surface area contributed by atoms with E-state index in [1.165, 1.54) is 35.4 Å². The Balaban J connectivity index is 0.000000344. The van der Waals surface area contributed by atoms with E-state index in [2.05, 4.69) is 22.3 Å². The minimum absolute atomic E-state index is 0.299. The SMILES string of the molecule is CC(O)c1cc(F)ccc1-c1cc2c3c(c1)[C@@H]1CNCC[C@@H]1N3CCSC2.O=C(O)C(F)(F)F. The summed E-state index contributed by atoms with van der Waals surface area (Å²) in [5.74, 6) is -0.355. The van der Waals surface area contributed by atoms with E-state index in [0.29, 0.717) is 17.5 Å². The van der Waals surface area contributed by atoms with Crippen LogP contribution >= 0.6 is 11.8 Å². The van der Waals surface area contributed by atoms with Gasteiger partial charge in [0.2, 0.25) is 0 Å². The standard InChI is InChI=1S/C22H25FN2OS.C2HF3O2/c1-13(26)18-10-16(23)2-3-17(18)14-8-15-12-27-7-6-25-21-4-5-24-11-20(21)19(9-14)22(15)25;3-2(4,5)1(6)7/h2-3,8-10,13,20-21,24,26H,4-7,11-12H2,1H3;(H,6,7)/t13?,20-,21-;/m0./s1. The van der Waals surface area contributed by atoms with Crippen molar-refractivity contribution in [1.82, 2.24) is 5.32 Å². The molecule has 10 heteroatoms. The van der Waals surface area contributed by atoms with E-state index in [1.54, 1.807) is 6.92 Å². The van der Waals surface area contributed by atoms with E-state index in [0.717, 1.165) is 42.3 Å². The fraction of sp³-hybridized carbons (Fsp3) is 0.458. The Kier molecular flexibility index (Phi) is 7.12. The second kappa shape index (κ2) is 9.75.